The molecule has 1 aromatic carbocycles. The molecule has 8 nitrogen and oxygen atoms in total. The van der Waals surface area contributed by atoms with E-state index in [4.69, 9.17) is 4.42 Å². The number of fused-ring (bicyclic) bond motifs is 1. The molecule has 4 aromatic rings. The zero-order valence-electron chi connectivity index (χ0n) is 15.8. The number of likely N-dealkylation sites (tertiary alicyclic amines) is 1. The van der Waals surface area contributed by atoms with Crippen molar-refractivity contribution in [1.82, 2.24) is 30.0 Å². The first-order valence-corrected chi connectivity index (χ1v) is 9.45. The second kappa shape index (κ2) is 7.05. The number of carbonyl (C=O) groups excluding carboxylic acids is 1. The Bertz CT molecular complexity index is 1190. The third-order valence-electron chi connectivity index (χ3n) is 5.08. The highest BCUT2D eigenvalue weighted by Crippen LogP contribution is 2.29. The first-order chi connectivity index (χ1) is 14.2. The number of pyridine rings is 1. The normalized spacial score (nSPS) is 16.4. The molecule has 29 heavy (non-hydrogen) atoms. The molecule has 0 spiro atoms. The highest BCUT2D eigenvalue weighted by Gasteiger charge is 2.32. The Kier molecular flexibility index (Phi) is 4.23. The SMILES string of the molecule is Cc1cnc(-c2nnc([C@@H]3CCN(C(=O)c4ccc5ccccc5n4)C3)o2)cn1. The third kappa shape index (κ3) is 3.33. The molecule has 8 heteroatoms. The summed E-state index contributed by atoms with van der Waals surface area (Å²) in [6.07, 6.45) is 4.04. The Morgan fingerprint density at radius 2 is 2.00 bits per heavy atom. The van der Waals surface area contributed by atoms with E-state index in [-0.39, 0.29) is 11.8 Å². The molecule has 0 aliphatic carbocycles. The molecule has 0 unspecified atom stereocenters. The molecule has 1 aliphatic rings. The van der Waals surface area contributed by atoms with Gasteiger partial charge in [0, 0.05) is 24.7 Å². The fraction of sp³-hybridized carbons (Fsp3) is 0.238. The lowest BCUT2D eigenvalue weighted by Gasteiger charge is -2.15. The van der Waals surface area contributed by atoms with E-state index in [0.29, 0.717) is 36.3 Å². The molecule has 0 radical (unpaired) electrons. The van der Waals surface area contributed by atoms with Crippen molar-refractivity contribution in [2.24, 2.45) is 0 Å². The first kappa shape index (κ1) is 17.4. The number of hydrogen-bond donors (Lipinski definition) is 0. The van der Waals surface area contributed by atoms with Gasteiger partial charge in [0.25, 0.3) is 11.8 Å². The molecule has 5 rings (SSSR count). The lowest BCUT2D eigenvalue weighted by molar-refractivity contribution is 0.0784. The fourth-order valence-corrected chi connectivity index (χ4v) is 3.50. The van der Waals surface area contributed by atoms with E-state index in [1.807, 2.05) is 37.3 Å². The third-order valence-corrected chi connectivity index (χ3v) is 5.08. The summed E-state index contributed by atoms with van der Waals surface area (Å²) >= 11 is 0. The number of aryl methyl sites for hydroxylation is 1. The summed E-state index contributed by atoms with van der Waals surface area (Å²) in [5.74, 6) is 0.777. The van der Waals surface area contributed by atoms with Crippen LogP contribution in [0.3, 0.4) is 0 Å². The number of amides is 1. The smallest absolute Gasteiger partial charge is 0.272 e. The summed E-state index contributed by atoms with van der Waals surface area (Å²) < 4.78 is 5.81. The molecule has 3 aromatic heterocycles. The standard InChI is InChI=1S/C21H18N6O2/c1-13-10-23-18(11-22-13)20-26-25-19(29-20)15-8-9-27(12-15)21(28)17-7-6-14-4-2-3-5-16(14)24-17/h2-7,10-11,15H,8-9,12H2,1H3/t15-/m1/s1. The van der Waals surface area contributed by atoms with Crippen LogP contribution < -0.4 is 0 Å². The minimum atomic E-state index is -0.0811. The maximum atomic E-state index is 12.9. The van der Waals surface area contributed by atoms with Gasteiger partial charge in [-0.05, 0) is 25.5 Å². The quantitative estimate of drug-likeness (QED) is 0.534. The minimum Gasteiger partial charge on any atom is -0.419 e. The second-order valence-corrected chi connectivity index (χ2v) is 7.11. The Hall–Kier alpha value is -3.68. The van der Waals surface area contributed by atoms with Crippen molar-refractivity contribution in [2.45, 2.75) is 19.3 Å². The van der Waals surface area contributed by atoms with Crippen LogP contribution in [0.25, 0.3) is 22.5 Å². The van der Waals surface area contributed by atoms with Crippen molar-refractivity contribution >= 4 is 16.8 Å². The monoisotopic (exact) mass is 386 g/mol. The molecule has 1 atom stereocenters. The summed E-state index contributed by atoms with van der Waals surface area (Å²) in [6, 6.07) is 11.5. The van der Waals surface area contributed by atoms with Gasteiger partial charge in [0.15, 0.2) is 0 Å². The number of rotatable bonds is 3. The second-order valence-electron chi connectivity index (χ2n) is 7.11. The van der Waals surface area contributed by atoms with Crippen molar-refractivity contribution < 1.29 is 9.21 Å². The number of para-hydroxylation sites is 1. The zero-order chi connectivity index (χ0) is 19.8. The van der Waals surface area contributed by atoms with Crippen LogP contribution in [0.15, 0.2) is 53.2 Å². The van der Waals surface area contributed by atoms with E-state index in [1.165, 1.54) is 0 Å². The van der Waals surface area contributed by atoms with Crippen molar-refractivity contribution in [1.29, 1.82) is 0 Å². The molecule has 0 saturated carbocycles. The van der Waals surface area contributed by atoms with Crippen LogP contribution in [0, 0.1) is 6.92 Å². The van der Waals surface area contributed by atoms with Crippen molar-refractivity contribution in [2.75, 3.05) is 13.1 Å². The molecule has 1 fully saturated rings. The van der Waals surface area contributed by atoms with Crippen LogP contribution in [-0.4, -0.2) is 49.0 Å². The molecule has 0 bridgehead atoms. The van der Waals surface area contributed by atoms with E-state index in [1.54, 1.807) is 23.4 Å². The largest absolute Gasteiger partial charge is 0.419 e. The van der Waals surface area contributed by atoms with E-state index in [2.05, 4.69) is 25.1 Å². The maximum Gasteiger partial charge on any atom is 0.272 e. The van der Waals surface area contributed by atoms with Gasteiger partial charge in [0.1, 0.15) is 11.4 Å². The van der Waals surface area contributed by atoms with Crippen molar-refractivity contribution in [3.8, 4) is 11.6 Å². The first-order valence-electron chi connectivity index (χ1n) is 9.45. The summed E-state index contributed by atoms with van der Waals surface area (Å²) in [5, 5.41) is 9.27. The van der Waals surface area contributed by atoms with Gasteiger partial charge in [0.2, 0.25) is 5.89 Å². The average molecular weight is 386 g/mol. The molecular formula is C21H18N6O2. The Labute approximate surface area is 166 Å². The van der Waals surface area contributed by atoms with Gasteiger partial charge in [-0.2, -0.15) is 0 Å². The number of carbonyl (C=O) groups is 1. The summed E-state index contributed by atoms with van der Waals surface area (Å²) in [7, 11) is 0. The van der Waals surface area contributed by atoms with Crippen molar-refractivity contribution in [3.63, 3.8) is 0 Å². The van der Waals surface area contributed by atoms with E-state index in [9.17, 15) is 4.79 Å². The average Bonchev–Trinajstić information content (AvgIpc) is 3.43. The van der Waals surface area contributed by atoms with Crippen molar-refractivity contribution in [3.05, 3.63) is 66.1 Å². The molecule has 144 valence electrons. The predicted octanol–water partition coefficient (Wildman–Crippen LogP) is 3.01. The number of hydrogen-bond acceptors (Lipinski definition) is 7. The highest BCUT2D eigenvalue weighted by atomic mass is 16.4. The molecule has 1 saturated heterocycles. The van der Waals surface area contributed by atoms with E-state index >= 15 is 0 Å². The number of benzene rings is 1. The molecular weight excluding hydrogens is 368 g/mol. The summed E-state index contributed by atoms with van der Waals surface area (Å²) in [4.78, 5) is 27.7. The lowest BCUT2D eigenvalue weighted by Crippen LogP contribution is -2.29. The van der Waals surface area contributed by atoms with Gasteiger partial charge < -0.3 is 9.32 Å². The number of aromatic nitrogens is 5. The van der Waals surface area contributed by atoms with Crippen LogP contribution in [0.4, 0.5) is 0 Å². The van der Waals surface area contributed by atoms with E-state index < -0.39 is 0 Å². The molecule has 0 N–H and O–H groups in total. The van der Waals surface area contributed by atoms with Crippen LogP contribution in [0.1, 0.15) is 34.4 Å². The lowest BCUT2D eigenvalue weighted by atomic mass is 10.1. The Balaban J connectivity index is 1.32. The molecule has 1 amide bonds. The summed E-state index contributed by atoms with van der Waals surface area (Å²) in [6.45, 7) is 3.01. The molecule has 1 aliphatic heterocycles. The van der Waals surface area contributed by atoms with Gasteiger partial charge in [-0.15, -0.1) is 10.2 Å². The Morgan fingerprint density at radius 3 is 2.86 bits per heavy atom. The highest BCUT2D eigenvalue weighted by molar-refractivity contribution is 5.95. The van der Waals surface area contributed by atoms with Gasteiger partial charge in [-0.25, -0.2) is 9.97 Å². The predicted molar refractivity (Wildman–Crippen MR) is 105 cm³/mol. The van der Waals surface area contributed by atoms with Gasteiger partial charge in [0.05, 0.1) is 23.3 Å². The van der Waals surface area contributed by atoms with Crippen LogP contribution in [-0.2, 0) is 0 Å². The van der Waals surface area contributed by atoms with Crippen LogP contribution in [0.2, 0.25) is 0 Å². The fourth-order valence-electron chi connectivity index (χ4n) is 3.50. The van der Waals surface area contributed by atoms with Gasteiger partial charge >= 0.3 is 0 Å². The number of nitrogens with zero attached hydrogens (tertiary/aromatic N) is 6. The topological polar surface area (TPSA) is 97.9 Å². The zero-order valence-corrected chi connectivity index (χ0v) is 15.8. The maximum absolute atomic E-state index is 12.9. The molecule has 4 heterocycles. The Morgan fingerprint density at radius 1 is 1.10 bits per heavy atom. The van der Waals surface area contributed by atoms with Crippen LogP contribution >= 0.6 is 0 Å². The van der Waals surface area contributed by atoms with Crippen LogP contribution in [0.5, 0.6) is 0 Å². The van der Waals surface area contributed by atoms with Gasteiger partial charge in [-0.3, -0.25) is 9.78 Å². The minimum absolute atomic E-state index is 0.000867. The van der Waals surface area contributed by atoms with Gasteiger partial charge in [-0.1, -0.05) is 24.3 Å². The van der Waals surface area contributed by atoms with E-state index in [0.717, 1.165) is 23.0 Å². The summed E-state index contributed by atoms with van der Waals surface area (Å²) in [5.41, 5.74) is 2.63.